The molecular weight excluding hydrogens is 276 g/mol. The molecule has 0 spiro atoms. The first-order valence-corrected chi connectivity index (χ1v) is 7.83. The minimum atomic E-state index is -0.258. The van der Waals surface area contributed by atoms with Gasteiger partial charge in [0.05, 0.1) is 17.7 Å². The molecule has 1 unspecified atom stereocenters. The Labute approximate surface area is 130 Å². The molecule has 2 N–H and O–H groups in total. The van der Waals surface area contributed by atoms with Gasteiger partial charge in [0, 0.05) is 23.0 Å². The molecule has 116 valence electrons. The Morgan fingerprint density at radius 2 is 2.09 bits per heavy atom. The summed E-state index contributed by atoms with van der Waals surface area (Å²) in [6.45, 7) is 5.79. The van der Waals surface area contributed by atoms with Crippen LogP contribution in [0.2, 0.25) is 0 Å². The number of nitrogens with one attached hydrogen (secondary N) is 1. The zero-order valence-electron chi connectivity index (χ0n) is 13.3. The number of rotatable bonds is 4. The molecule has 4 nitrogen and oxygen atoms in total. The van der Waals surface area contributed by atoms with Gasteiger partial charge in [-0.3, -0.25) is 9.78 Å². The second-order valence-electron chi connectivity index (χ2n) is 6.40. The van der Waals surface area contributed by atoms with Crippen LogP contribution in [-0.2, 0) is 0 Å². The number of carbonyl (C=O) groups excluding carboxylic acids is 1. The highest BCUT2D eigenvalue weighted by Crippen LogP contribution is 2.40. The van der Waals surface area contributed by atoms with E-state index in [1.54, 1.807) is 6.92 Å². The summed E-state index contributed by atoms with van der Waals surface area (Å²) in [5, 5.41) is 12.9. The van der Waals surface area contributed by atoms with E-state index in [0.29, 0.717) is 11.5 Å². The van der Waals surface area contributed by atoms with Gasteiger partial charge >= 0.3 is 0 Å². The van der Waals surface area contributed by atoms with E-state index in [2.05, 4.69) is 11.4 Å². The van der Waals surface area contributed by atoms with Crippen LogP contribution in [0, 0.1) is 13.8 Å². The van der Waals surface area contributed by atoms with Crippen LogP contribution in [0.4, 0.5) is 0 Å². The van der Waals surface area contributed by atoms with Crippen LogP contribution in [0.1, 0.15) is 52.9 Å². The summed E-state index contributed by atoms with van der Waals surface area (Å²) in [7, 11) is 0. The number of aliphatic hydroxyl groups excluding tert-OH is 1. The number of amides is 1. The summed E-state index contributed by atoms with van der Waals surface area (Å²) < 4.78 is 0. The van der Waals surface area contributed by atoms with Crippen molar-refractivity contribution in [2.75, 3.05) is 6.61 Å². The Hall–Kier alpha value is -1.94. The van der Waals surface area contributed by atoms with Crippen molar-refractivity contribution in [3.63, 3.8) is 0 Å². The number of pyridine rings is 1. The number of hydrogen-bond donors (Lipinski definition) is 2. The topological polar surface area (TPSA) is 62.2 Å². The maximum atomic E-state index is 12.6. The number of aryl methyl sites for hydroxylation is 2. The summed E-state index contributed by atoms with van der Waals surface area (Å²) >= 11 is 0. The van der Waals surface area contributed by atoms with Crippen LogP contribution in [-0.4, -0.2) is 28.6 Å². The first kappa shape index (κ1) is 15.0. The fourth-order valence-electron chi connectivity index (χ4n) is 2.82. The molecule has 1 amide bonds. The van der Waals surface area contributed by atoms with Gasteiger partial charge in [-0.15, -0.1) is 0 Å². The van der Waals surface area contributed by atoms with Crippen molar-refractivity contribution in [2.24, 2.45) is 0 Å². The van der Waals surface area contributed by atoms with Crippen LogP contribution in [0.25, 0.3) is 10.9 Å². The lowest BCUT2D eigenvalue weighted by Gasteiger charge is -2.15. The van der Waals surface area contributed by atoms with Crippen molar-refractivity contribution in [1.29, 1.82) is 0 Å². The third-order valence-electron chi connectivity index (χ3n) is 4.16. The van der Waals surface area contributed by atoms with E-state index in [0.717, 1.165) is 40.6 Å². The van der Waals surface area contributed by atoms with Crippen molar-refractivity contribution in [2.45, 2.75) is 45.6 Å². The fraction of sp³-hybridized carbons (Fsp3) is 0.444. The summed E-state index contributed by atoms with van der Waals surface area (Å²) in [5.41, 5.74) is 4.81. The first-order chi connectivity index (χ1) is 10.5. The van der Waals surface area contributed by atoms with Gasteiger partial charge in [0.2, 0.25) is 0 Å². The van der Waals surface area contributed by atoms with Gasteiger partial charge in [0.1, 0.15) is 0 Å². The maximum Gasteiger partial charge on any atom is 0.252 e. The molecule has 0 aliphatic heterocycles. The number of nitrogens with zero attached hydrogens (tertiary/aromatic N) is 1. The molecule has 1 aliphatic rings. The Morgan fingerprint density at radius 3 is 2.73 bits per heavy atom. The highest BCUT2D eigenvalue weighted by molar-refractivity contribution is 6.07. The third kappa shape index (κ3) is 2.83. The number of aromatic nitrogens is 1. The van der Waals surface area contributed by atoms with E-state index in [1.165, 1.54) is 0 Å². The quantitative estimate of drug-likeness (QED) is 0.912. The third-order valence-corrected chi connectivity index (χ3v) is 4.16. The molecule has 0 radical (unpaired) electrons. The van der Waals surface area contributed by atoms with E-state index in [4.69, 9.17) is 10.1 Å². The predicted octanol–water partition coefficient (Wildman–Crippen LogP) is 2.84. The SMILES string of the molecule is Cc1cc(C)c2nc(C3CC3)cc(C(=O)NC(C)CO)c2c1. The smallest absolute Gasteiger partial charge is 0.252 e. The largest absolute Gasteiger partial charge is 0.394 e. The molecule has 2 aromatic rings. The average Bonchev–Trinajstić information content (AvgIpc) is 3.30. The molecule has 1 atom stereocenters. The summed E-state index contributed by atoms with van der Waals surface area (Å²) in [6, 6.07) is 5.79. The van der Waals surface area contributed by atoms with Crippen LogP contribution < -0.4 is 5.32 Å². The number of carbonyl (C=O) groups is 1. The van der Waals surface area contributed by atoms with Gasteiger partial charge in [-0.25, -0.2) is 0 Å². The lowest BCUT2D eigenvalue weighted by Crippen LogP contribution is -2.35. The minimum Gasteiger partial charge on any atom is -0.394 e. The fourth-order valence-corrected chi connectivity index (χ4v) is 2.82. The summed E-state index contributed by atoms with van der Waals surface area (Å²) in [5.74, 6) is 0.354. The predicted molar refractivity (Wildman–Crippen MR) is 87.2 cm³/mol. The normalized spacial score (nSPS) is 15.8. The van der Waals surface area contributed by atoms with E-state index in [-0.39, 0.29) is 18.6 Å². The van der Waals surface area contributed by atoms with Crippen LogP contribution in [0.3, 0.4) is 0 Å². The van der Waals surface area contributed by atoms with Crippen LogP contribution >= 0.6 is 0 Å². The highest BCUT2D eigenvalue weighted by Gasteiger charge is 2.27. The zero-order valence-corrected chi connectivity index (χ0v) is 13.3. The number of fused-ring (bicyclic) bond motifs is 1. The van der Waals surface area contributed by atoms with Crippen LogP contribution in [0.5, 0.6) is 0 Å². The summed E-state index contributed by atoms with van der Waals surface area (Å²) in [6.07, 6.45) is 2.30. The zero-order chi connectivity index (χ0) is 15.9. The van der Waals surface area contributed by atoms with Crippen molar-refractivity contribution < 1.29 is 9.90 Å². The molecular formula is C18H22N2O2. The number of benzene rings is 1. The second-order valence-corrected chi connectivity index (χ2v) is 6.40. The molecule has 1 heterocycles. The molecule has 4 heteroatoms. The first-order valence-electron chi connectivity index (χ1n) is 7.83. The van der Waals surface area contributed by atoms with Gasteiger partial charge in [0.25, 0.3) is 5.91 Å². The van der Waals surface area contributed by atoms with Gasteiger partial charge in [-0.05, 0) is 51.3 Å². The van der Waals surface area contributed by atoms with Gasteiger partial charge in [-0.1, -0.05) is 11.6 Å². The Kier molecular flexibility index (Phi) is 3.87. The molecule has 1 aromatic carbocycles. The Bertz CT molecular complexity index is 735. The van der Waals surface area contributed by atoms with Crippen molar-refractivity contribution in [3.8, 4) is 0 Å². The van der Waals surface area contributed by atoms with E-state index in [1.807, 2.05) is 26.0 Å². The second kappa shape index (κ2) is 5.69. The summed E-state index contributed by atoms with van der Waals surface area (Å²) in [4.78, 5) is 17.4. The molecule has 3 rings (SSSR count). The monoisotopic (exact) mass is 298 g/mol. The molecule has 1 aromatic heterocycles. The molecule has 1 saturated carbocycles. The molecule has 1 fully saturated rings. The molecule has 1 aliphatic carbocycles. The van der Waals surface area contributed by atoms with Gasteiger partial charge in [-0.2, -0.15) is 0 Å². The standard InChI is InChI=1S/C18H22N2O2/c1-10-6-11(2)17-14(7-10)15(18(22)19-12(3)9-21)8-16(20-17)13-4-5-13/h6-8,12-13,21H,4-5,9H2,1-3H3,(H,19,22). The van der Waals surface area contributed by atoms with Crippen molar-refractivity contribution in [1.82, 2.24) is 10.3 Å². The highest BCUT2D eigenvalue weighted by atomic mass is 16.3. The Balaban J connectivity index is 2.15. The van der Waals surface area contributed by atoms with E-state index < -0.39 is 0 Å². The molecule has 0 saturated heterocycles. The molecule has 22 heavy (non-hydrogen) atoms. The minimum absolute atomic E-state index is 0.0672. The van der Waals surface area contributed by atoms with Gasteiger partial charge < -0.3 is 10.4 Å². The number of aliphatic hydroxyl groups is 1. The lowest BCUT2D eigenvalue weighted by atomic mass is 10.00. The van der Waals surface area contributed by atoms with Crippen molar-refractivity contribution in [3.05, 3.63) is 40.6 Å². The Morgan fingerprint density at radius 1 is 1.36 bits per heavy atom. The maximum absolute atomic E-state index is 12.6. The average molecular weight is 298 g/mol. The van der Waals surface area contributed by atoms with Crippen molar-refractivity contribution >= 4 is 16.8 Å². The van der Waals surface area contributed by atoms with E-state index >= 15 is 0 Å². The van der Waals surface area contributed by atoms with Crippen LogP contribution in [0.15, 0.2) is 18.2 Å². The molecule has 0 bridgehead atoms. The number of hydrogen-bond acceptors (Lipinski definition) is 3. The van der Waals surface area contributed by atoms with Gasteiger partial charge in [0.15, 0.2) is 0 Å². The lowest BCUT2D eigenvalue weighted by molar-refractivity contribution is 0.0924. The van der Waals surface area contributed by atoms with E-state index in [9.17, 15) is 4.79 Å².